The van der Waals surface area contributed by atoms with Gasteiger partial charge in [-0.05, 0) is 42.5 Å². The number of rotatable bonds is 10. The third-order valence-electron chi connectivity index (χ3n) is 6.42. The van der Waals surface area contributed by atoms with Gasteiger partial charge in [0, 0.05) is 42.5 Å². The van der Waals surface area contributed by atoms with Crippen molar-refractivity contribution in [3.63, 3.8) is 0 Å². The van der Waals surface area contributed by atoms with Crippen LogP contribution in [0.3, 0.4) is 0 Å². The molecule has 0 saturated carbocycles. The van der Waals surface area contributed by atoms with Crippen LogP contribution in [0.1, 0.15) is 25.7 Å². The third-order valence-corrected chi connectivity index (χ3v) is 8.13. The first kappa shape index (κ1) is 29.0. The number of benzene rings is 2. The molecule has 0 aliphatic rings. The van der Waals surface area contributed by atoms with E-state index in [2.05, 4.69) is 4.98 Å². The molecule has 0 aliphatic carbocycles. The molecule has 0 aliphatic heterocycles. The molecule has 220 valence electrons. The number of pyridine rings is 1. The van der Waals surface area contributed by atoms with Crippen LogP contribution >= 0.6 is 0 Å². The summed E-state index contributed by atoms with van der Waals surface area (Å²) >= 11 is 0. The molecule has 0 saturated heterocycles. The van der Waals surface area contributed by atoms with Crippen LogP contribution in [0.2, 0.25) is 0 Å². The Kier molecular flexibility index (Phi) is 7.63. The van der Waals surface area contributed by atoms with Crippen LogP contribution < -0.4 is 9.40 Å². The molecule has 5 rings (SSSR count). The lowest BCUT2D eigenvalue weighted by Gasteiger charge is -2.06. The van der Waals surface area contributed by atoms with Crippen LogP contribution in [0, 0.1) is 0 Å². The molecule has 5 aromatic rings. The quantitative estimate of drug-likeness (QED) is 0.101. The first-order chi connectivity index (χ1) is 19.8. The fourth-order valence-electron chi connectivity index (χ4n) is 4.45. The summed E-state index contributed by atoms with van der Waals surface area (Å²) in [5, 5.41) is 19.6. The maximum atomic E-state index is 12.2. The summed E-state index contributed by atoms with van der Waals surface area (Å²) in [6.45, 7) is 0.465. The van der Waals surface area contributed by atoms with Crippen molar-refractivity contribution in [2.75, 3.05) is 0 Å². The molecular weight excluding hydrogens is 594 g/mol. The number of aromatic nitrogens is 3. The lowest BCUT2D eigenvalue weighted by molar-refractivity contribution is -0.687. The fraction of sp³-hybridized carbons (Fsp3) is 0.192. The molecule has 3 aromatic heterocycles. The number of carbonyl (C=O) groups excluding carboxylic acids is 1. The summed E-state index contributed by atoms with van der Waals surface area (Å²) in [6.07, 6.45) is 3.49. The summed E-state index contributed by atoms with van der Waals surface area (Å²) in [6, 6.07) is 12.2. The second kappa shape index (κ2) is 11.1. The Morgan fingerprint density at radius 3 is 2.36 bits per heavy atom. The second-order valence-corrected chi connectivity index (χ2v) is 12.1. The molecular formula is C26H24N3O11S2+. The van der Waals surface area contributed by atoms with Gasteiger partial charge in [-0.15, -0.1) is 4.73 Å². The SMILES string of the molecule is O=C(CCCCC[n+]1ccccc1-c1nc2c(o1)c(S(=O)(=O)O)cc1cc(S(=O)(=O)O)ccc12)On1c(O)ccc1O. The van der Waals surface area contributed by atoms with Crippen LogP contribution in [0.15, 0.2) is 75.0 Å². The Morgan fingerprint density at radius 1 is 0.929 bits per heavy atom. The third kappa shape index (κ3) is 5.91. The first-order valence-electron chi connectivity index (χ1n) is 12.4. The minimum Gasteiger partial charge on any atom is -0.492 e. The highest BCUT2D eigenvalue weighted by atomic mass is 32.2. The van der Waals surface area contributed by atoms with E-state index in [0.717, 1.165) is 18.2 Å². The smallest absolute Gasteiger partial charge is 0.333 e. The molecule has 3 heterocycles. The summed E-state index contributed by atoms with van der Waals surface area (Å²) in [5.74, 6) is -1.42. The number of hydrogen-bond donors (Lipinski definition) is 4. The zero-order valence-electron chi connectivity index (χ0n) is 21.6. The van der Waals surface area contributed by atoms with Crippen molar-refractivity contribution < 1.29 is 54.8 Å². The molecule has 0 fully saturated rings. The van der Waals surface area contributed by atoms with E-state index < -0.39 is 47.8 Å². The van der Waals surface area contributed by atoms with E-state index >= 15 is 0 Å². The number of hydrogen-bond acceptors (Lipinski definition) is 10. The summed E-state index contributed by atoms with van der Waals surface area (Å²) in [7, 11) is -9.40. The Labute approximate surface area is 238 Å². The molecule has 42 heavy (non-hydrogen) atoms. The molecule has 0 spiro atoms. The summed E-state index contributed by atoms with van der Waals surface area (Å²) in [4.78, 5) is 20.4. The van der Waals surface area contributed by atoms with Gasteiger partial charge in [-0.1, -0.05) is 6.07 Å². The molecule has 0 unspecified atom stereocenters. The van der Waals surface area contributed by atoms with Crippen LogP contribution in [0.4, 0.5) is 0 Å². The van der Waals surface area contributed by atoms with Gasteiger partial charge < -0.3 is 19.5 Å². The number of carbonyl (C=O) groups is 1. The van der Waals surface area contributed by atoms with E-state index in [9.17, 15) is 40.9 Å². The largest absolute Gasteiger partial charge is 0.492 e. The fourth-order valence-corrected chi connectivity index (χ4v) is 5.61. The van der Waals surface area contributed by atoms with Gasteiger partial charge in [0.2, 0.25) is 11.8 Å². The molecule has 4 N–H and O–H groups in total. The number of unbranched alkanes of at least 4 members (excludes halogenated alkanes) is 2. The Balaban J connectivity index is 1.37. The monoisotopic (exact) mass is 618 g/mol. The summed E-state index contributed by atoms with van der Waals surface area (Å²) in [5.41, 5.74) is 0.314. The lowest BCUT2D eigenvalue weighted by Crippen LogP contribution is -2.35. The highest BCUT2D eigenvalue weighted by Gasteiger charge is 2.26. The maximum absolute atomic E-state index is 12.2. The van der Waals surface area contributed by atoms with Crippen LogP contribution in [0.25, 0.3) is 33.5 Å². The second-order valence-electron chi connectivity index (χ2n) is 9.30. The van der Waals surface area contributed by atoms with Crippen molar-refractivity contribution >= 4 is 48.1 Å². The van der Waals surface area contributed by atoms with E-state index in [-0.39, 0.29) is 28.8 Å². The molecule has 0 amide bonds. The van der Waals surface area contributed by atoms with Gasteiger partial charge in [-0.2, -0.15) is 21.4 Å². The summed E-state index contributed by atoms with van der Waals surface area (Å²) < 4.78 is 75.1. The van der Waals surface area contributed by atoms with E-state index in [1.54, 1.807) is 24.4 Å². The number of fused-ring (bicyclic) bond motifs is 3. The number of nitrogens with zero attached hydrogens (tertiary/aromatic N) is 3. The topological polar surface area (TPSA) is 210 Å². The van der Waals surface area contributed by atoms with Crippen molar-refractivity contribution in [1.82, 2.24) is 9.71 Å². The minimum absolute atomic E-state index is 0.0387. The molecule has 0 bridgehead atoms. The Hall–Kier alpha value is -4.51. The molecule has 0 atom stereocenters. The van der Waals surface area contributed by atoms with Crippen molar-refractivity contribution in [2.24, 2.45) is 0 Å². The number of oxazole rings is 1. The average Bonchev–Trinajstić information content (AvgIpc) is 3.50. The van der Waals surface area contributed by atoms with Crippen molar-refractivity contribution in [1.29, 1.82) is 0 Å². The van der Waals surface area contributed by atoms with Crippen LogP contribution in [-0.2, 0) is 31.6 Å². The van der Waals surface area contributed by atoms with E-state index in [1.807, 2.05) is 4.57 Å². The maximum Gasteiger partial charge on any atom is 0.333 e. The van der Waals surface area contributed by atoms with Crippen LogP contribution in [0.5, 0.6) is 11.8 Å². The van der Waals surface area contributed by atoms with Crippen molar-refractivity contribution in [3.8, 4) is 23.3 Å². The van der Waals surface area contributed by atoms with Crippen LogP contribution in [-0.4, -0.2) is 51.8 Å². The highest BCUT2D eigenvalue weighted by Crippen LogP contribution is 2.35. The predicted molar refractivity (Wildman–Crippen MR) is 145 cm³/mol. The zero-order chi connectivity index (χ0) is 30.2. The zero-order valence-corrected chi connectivity index (χ0v) is 23.2. The van der Waals surface area contributed by atoms with Gasteiger partial charge in [-0.25, -0.2) is 9.78 Å². The molecule has 16 heteroatoms. The number of aromatic hydroxyl groups is 2. The van der Waals surface area contributed by atoms with E-state index in [4.69, 9.17) is 9.25 Å². The number of aryl methyl sites for hydroxylation is 1. The van der Waals surface area contributed by atoms with Crippen molar-refractivity contribution in [3.05, 3.63) is 60.8 Å². The highest BCUT2D eigenvalue weighted by molar-refractivity contribution is 7.86. The Bertz CT molecular complexity index is 2030. The standard InChI is InChI=1S/C26H23N3O11S2/c30-21-10-11-22(31)29(21)40-23(32)7-2-1-4-12-28-13-5-3-6-19(28)26-27-24-18-9-8-17(41(33,34)35)14-16(18)15-20(25(24)39-26)42(36,37)38/h3,5-6,8-11,13-15,27H,1-2,4,7,12H2,(H2,33,34,35,36,37,38)/p+1. The van der Waals surface area contributed by atoms with Gasteiger partial charge in [0.25, 0.3) is 31.8 Å². The van der Waals surface area contributed by atoms with Gasteiger partial charge in [0.05, 0.1) is 4.90 Å². The minimum atomic E-state index is -4.82. The van der Waals surface area contributed by atoms with Gasteiger partial charge >= 0.3 is 5.97 Å². The molecule has 0 radical (unpaired) electrons. The lowest BCUT2D eigenvalue weighted by atomic mass is 10.1. The molecule has 2 aromatic carbocycles. The van der Waals surface area contributed by atoms with E-state index in [1.165, 1.54) is 18.2 Å². The first-order valence-corrected chi connectivity index (χ1v) is 15.3. The average molecular weight is 619 g/mol. The van der Waals surface area contributed by atoms with E-state index in [0.29, 0.717) is 41.6 Å². The molecule has 14 nitrogen and oxygen atoms in total. The Morgan fingerprint density at radius 2 is 1.67 bits per heavy atom. The van der Waals surface area contributed by atoms with Crippen molar-refractivity contribution in [2.45, 2.75) is 42.0 Å². The van der Waals surface area contributed by atoms with Gasteiger partial charge in [0.1, 0.15) is 17.0 Å². The van der Waals surface area contributed by atoms with Gasteiger partial charge in [-0.3, -0.25) is 9.11 Å². The predicted octanol–water partition coefficient (Wildman–Crippen LogP) is 2.86. The normalized spacial score (nSPS) is 12.2. The van der Waals surface area contributed by atoms with Gasteiger partial charge in [0.15, 0.2) is 11.8 Å².